The summed E-state index contributed by atoms with van der Waals surface area (Å²) in [6.45, 7) is 6.32. The predicted octanol–water partition coefficient (Wildman–Crippen LogP) is 22.5. The van der Waals surface area contributed by atoms with Crippen LogP contribution in [0.2, 0.25) is 0 Å². The lowest BCUT2D eigenvalue weighted by molar-refractivity contribution is -0.166. The highest BCUT2D eigenvalue weighted by molar-refractivity contribution is 5.71. The molecule has 0 heterocycles. The lowest BCUT2D eigenvalue weighted by Crippen LogP contribution is -2.30. The van der Waals surface area contributed by atoms with Gasteiger partial charge in [-0.2, -0.15) is 0 Å². The fourth-order valence-electron chi connectivity index (χ4n) is 8.81. The van der Waals surface area contributed by atoms with E-state index in [1.54, 1.807) is 0 Å². The van der Waals surface area contributed by atoms with Crippen molar-refractivity contribution in [2.24, 2.45) is 0 Å². The molecule has 0 fully saturated rings. The SMILES string of the molecule is CC/C=C\C/C=C\C/C=C\C/C=C\C/C=C\C/C=C\CCCCC(=O)OC(COC(=O)CC/C=C\C/C=C\C/C=C\C/C=C\CC)COC(=O)CCCCCCCCCCCCCCCCC/C=C\CCCCCCCCCC. The van der Waals surface area contributed by atoms with Crippen LogP contribution in [0, 0.1) is 0 Å². The van der Waals surface area contributed by atoms with Gasteiger partial charge in [0.25, 0.3) is 0 Å². The summed E-state index contributed by atoms with van der Waals surface area (Å²) < 4.78 is 16.8. The smallest absolute Gasteiger partial charge is 0.306 e. The van der Waals surface area contributed by atoms with Gasteiger partial charge < -0.3 is 14.2 Å². The number of rotatable bonds is 58. The molecule has 0 N–H and O–H groups in total. The quantitative estimate of drug-likeness (QED) is 0.0261. The summed E-state index contributed by atoms with van der Waals surface area (Å²) in [5, 5.41) is 0. The number of carbonyl (C=O) groups excluding carboxylic acids is 3. The summed E-state index contributed by atoms with van der Waals surface area (Å²) >= 11 is 0. The number of unbranched alkanes of at least 4 members (excludes halogenated alkanes) is 25. The molecular weight excluding hydrogens is 973 g/mol. The maximum absolute atomic E-state index is 12.9. The number of carbonyl (C=O) groups is 3. The Hall–Kier alpha value is -4.45. The Morgan fingerprint density at radius 3 is 0.886 bits per heavy atom. The van der Waals surface area contributed by atoms with Crippen LogP contribution >= 0.6 is 0 Å². The van der Waals surface area contributed by atoms with E-state index in [0.717, 1.165) is 96.3 Å². The zero-order valence-electron chi connectivity index (χ0n) is 51.3. The second kappa shape index (κ2) is 66.1. The minimum Gasteiger partial charge on any atom is -0.462 e. The number of esters is 3. The van der Waals surface area contributed by atoms with Gasteiger partial charge in [-0.3, -0.25) is 14.4 Å². The first-order chi connectivity index (χ1) is 39.0. The predicted molar refractivity (Wildman–Crippen MR) is 343 cm³/mol. The van der Waals surface area contributed by atoms with E-state index in [1.165, 1.54) is 141 Å². The van der Waals surface area contributed by atoms with E-state index < -0.39 is 6.10 Å². The molecule has 0 amide bonds. The van der Waals surface area contributed by atoms with Crippen LogP contribution < -0.4 is 0 Å². The molecule has 6 heteroatoms. The molecule has 0 aromatic carbocycles. The van der Waals surface area contributed by atoms with Crippen molar-refractivity contribution in [2.45, 2.75) is 297 Å². The molecule has 0 bridgehead atoms. The van der Waals surface area contributed by atoms with E-state index in [4.69, 9.17) is 14.2 Å². The van der Waals surface area contributed by atoms with E-state index in [-0.39, 0.29) is 44.0 Å². The number of allylic oxidation sites excluding steroid dienone is 22. The summed E-state index contributed by atoms with van der Waals surface area (Å²) in [7, 11) is 0. The van der Waals surface area contributed by atoms with Gasteiger partial charge in [-0.05, 0) is 122 Å². The van der Waals surface area contributed by atoms with Gasteiger partial charge in [-0.1, -0.05) is 283 Å². The third-order valence-electron chi connectivity index (χ3n) is 13.6. The molecule has 79 heavy (non-hydrogen) atoms. The summed E-state index contributed by atoms with van der Waals surface area (Å²) in [5.41, 5.74) is 0. The molecule has 0 saturated carbocycles. The van der Waals surface area contributed by atoms with Crippen molar-refractivity contribution < 1.29 is 28.6 Å². The van der Waals surface area contributed by atoms with Gasteiger partial charge in [-0.15, -0.1) is 0 Å². The fraction of sp³-hybridized carbons (Fsp3) is 0.658. The normalized spacial score (nSPS) is 13.0. The van der Waals surface area contributed by atoms with E-state index in [0.29, 0.717) is 19.3 Å². The molecule has 0 aromatic heterocycles. The van der Waals surface area contributed by atoms with Gasteiger partial charge in [0.2, 0.25) is 0 Å². The number of hydrogen-bond acceptors (Lipinski definition) is 6. The lowest BCUT2D eigenvalue weighted by atomic mass is 10.0. The molecule has 0 spiro atoms. The third kappa shape index (κ3) is 64.3. The molecule has 0 radical (unpaired) electrons. The molecule has 0 aliphatic carbocycles. The first-order valence-electron chi connectivity index (χ1n) is 32.7. The van der Waals surface area contributed by atoms with Crippen LogP contribution in [-0.2, 0) is 28.6 Å². The maximum Gasteiger partial charge on any atom is 0.306 e. The van der Waals surface area contributed by atoms with Crippen molar-refractivity contribution in [2.75, 3.05) is 13.2 Å². The first kappa shape index (κ1) is 74.5. The zero-order chi connectivity index (χ0) is 57.1. The van der Waals surface area contributed by atoms with E-state index >= 15 is 0 Å². The Labute approximate surface area is 487 Å². The Morgan fingerprint density at radius 1 is 0.266 bits per heavy atom. The molecule has 0 aliphatic heterocycles. The Balaban J connectivity index is 4.39. The van der Waals surface area contributed by atoms with Crippen molar-refractivity contribution in [1.82, 2.24) is 0 Å². The zero-order valence-corrected chi connectivity index (χ0v) is 51.3. The summed E-state index contributed by atoms with van der Waals surface area (Å²) in [6, 6.07) is 0. The highest BCUT2D eigenvalue weighted by atomic mass is 16.6. The van der Waals surface area contributed by atoms with Crippen LogP contribution in [0.25, 0.3) is 0 Å². The molecule has 0 saturated heterocycles. The van der Waals surface area contributed by atoms with Crippen LogP contribution in [0.15, 0.2) is 134 Å². The summed E-state index contributed by atoms with van der Waals surface area (Å²) in [4.78, 5) is 38.2. The molecule has 6 nitrogen and oxygen atoms in total. The average molecular weight is 1090 g/mol. The standard InChI is InChI=1S/C73H120O6/c1-4-7-10-13-16-19-22-25-27-29-31-33-34-35-36-37-38-40-41-43-45-48-51-54-57-60-63-66-72(75)78-69-70(68-77-71(74)65-62-59-56-53-50-47-24-21-18-15-12-9-6-3)79-73(76)67-64-61-58-55-52-49-46-44-42-39-32-30-28-26-23-20-17-14-11-8-5-2/h8-9,11-12,17-18,20-21,26,28-29,31-32,39,44,46-47,50,52,55-56,59,70H,4-7,10,13-16,19,22-25,27,30,33-38,40-43,45,48-49,51,53-54,57-58,60-69H2,1-3H3/b11-8-,12-9-,20-17-,21-18-,28-26-,31-29-,39-32-,46-44-,50-47-,55-52-,59-56-. The van der Waals surface area contributed by atoms with Gasteiger partial charge in [0.1, 0.15) is 13.2 Å². The van der Waals surface area contributed by atoms with E-state index in [2.05, 4.69) is 142 Å². The summed E-state index contributed by atoms with van der Waals surface area (Å²) in [5.74, 6) is -1.05. The van der Waals surface area contributed by atoms with Crippen LogP contribution in [0.3, 0.4) is 0 Å². The van der Waals surface area contributed by atoms with Crippen molar-refractivity contribution in [3.8, 4) is 0 Å². The fourth-order valence-corrected chi connectivity index (χ4v) is 8.81. The number of ether oxygens (including phenoxy) is 3. The van der Waals surface area contributed by atoms with Gasteiger partial charge in [0.05, 0.1) is 0 Å². The minimum atomic E-state index is -0.835. The Morgan fingerprint density at radius 2 is 0.519 bits per heavy atom. The van der Waals surface area contributed by atoms with Crippen molar-refractivity contribution in [3.63, 3.8) is 0 Å². The van der Waals surface area contributed by atoms with Crippen LogP contribution in [-0.4, -0.2) is 37.2 Å². The molecule has 1 unspecified atom stereocenters. The number of hydrogen-bond donors (Lipinski definition) is 0. The third-order valence-corrected chi connectivity index (χ3v) is 13.6. The van der Waals surface area contributed by atoms with Crippen LogP contribution in [0.5, 0.6) is 0 Å². The second-order valence-electron chi connectivity index (χ2n) is 21.3. The molecule has 1 atom stereocenters. The van der Waals surface area contributed by atoms with Crippen molar-refractivity contribution >= 4 is 17.9 Å². The van der Waals surface area contributed by atoms with Crippen molar-refractivity contribution in [1.29, 1.82) is 0 Å². The Bertz CT molecular complexity index is 1680. The summed E-state index contributed by atoms with van der Waals surface area (Å²) in [6.07, 6.45) is 93.5. The highest BCUT2D eigenvalue weighted by Gasteiger charge is 2.19. The van der Waals surface area contributed by atoms with E-state index in [1.807, 2.05) is 12.2 Å². The van der Waals surface area contributed by atoms with Gasteiger partial charge in [0, 0.05) is 19.3 Å². The molecule has 0 aromatic rings. The Kier molecular flexibility index (Phi) is 62.3. The van der Waals surface area contributed by atoms with Crippen LogP contribution in [0.1, 0.15) is 290 Å². The van der Waals surface area contributed by atoms with Gasteiger partial charge >= 0.3 is 17.9 Å². The second-order valence-corrected chi connectivity index (χ2v) is 21.3. The lowest BCUT2D eigenvalue weighted by Gasteiger charge is -2.18. The monoisotopic (exact) mass is 1090 g/mol. The molecule has 0 aliphatic rings. The van der Waals surface area contributed by atoms with E-state index in [9.17, 15) is 14.4 Å². The highest BCUT2D eigenvalue weighted by Crippen LogP contribution is 2.16. The topological polar surface area (TPSA) is 78.9 Å². The molecule has 0 rings (SSSR count). The first-order valence-corrected chi connectivity index (χ1v) is 32.7. The largest absolute Gasteiger partial charge is 0.462 e. The van der Waals surface area contributed by atoms with Crippen molar-refractivity contribution in [3.05, 3.63) is 134 Å². The minimum absolute atomic E-state index is 0.120. The molecule has 448 valence electrons. The van der Waals surface area contributed by atoms with Gasteiger partial charge in [0.15, 0.2) is 6.10 Å². The van der Waals surface area contributed by atoms with Crippen LogP contribution in [0.4, 0.5) is 0 Å². The molecular formula is C73H120O6. The van der Waals surface area contributed by atoms with Gasteiger partial charge in [-0.25, -0.2) is 0 Å². The maximum atomic E-state index is 12.9. The average Bonchev–Trinajstić information content (AvgIpc) is 3.45.